The maximum Gasteiger partial charge on any atom is 0.573 e. The molecule has 0 aliphatic carbocycles. The van der Waals surface area contributed by atoms with E-state index in [0.717, 1.165) is 6.07 Å². The fourth-order valence-electron chi connectivity index (χ4n) is 0.868. The van der Waals surface area contributed by atoms with Crippen molar-refractivity contribution in [1.29, 1.82) is 0 Å². The number of ether oxygens (including phenoxy) is 1. The Bertz CT molecular complexity index is 325. The van der Waals surface area contributed by atoms with Gasteiger partial charge in [-0.25, -0.2) is 0 Å². The minimum atomic E-state index is -4.74. The van der Waals surface area contributed by atoms with Crippen molar-refractivity contribution < 1.29 is 23.0 Å². The predicted molar refractivity (Wildman–Crippen MR) is 41.6 cm³/mol. The molecule has 0 fully saturated rings. The number of hydrogen-bond donors (Lipinski definition) is 1. The van der Waals surface area contributed by atoms with Crippen molar-refractivity contribution >= 4 is 0 Å². The van der Waals surface area contributed by atoms with Crippen molar-refractivity contribution in [3.8, 4) is 5.75 Å². The molecular weight excluding hydrogens is 199 g/mol. The van der Waals surface area contributed by atoms with Gasteiger partial charge in [0.25, 0.3) is 0 Å². The first kappa shape index (κ1) is 10.8. The van der Waals surface area contributed by atoms with Gasteiger partial charge in [0.15, 0.2) is 5.75 Å². The van der Waals surface area contributed by atoms with Gasteiger partial charge in [-0.15, -0.1) is 13.2 Å². The molecule has 1 aromatic heterocycles. The van der Waals surface area contributed by atoms with Gasteiger partial charge in [0.2, 0.25) is 0 Å². The molecule has 0 spiro atoms. The average Bonchev–Trinajstić information content (AvgIpc) is 2.06. The monoisotopic (exact) mass is 207 g/mol. The van der Waals surface area contributed by atoms with Crippen molar-refractivity contribution in [1.82, 2.24) is 4.98 Å². The van der Waals surface area contributed by atoms with E-state index in [1.807, 2.05) is 0 Å². The number of aromatic nitrogens is 1. The Morgan fingerprint density at radius 1 is 1.50 bits per heavy atom. The molecule has 0 unspecified atom stereocenters. The zero-order chi connectivity index (χ0) is 10.8. The van der Waals surface area contributed by atoms with Crippen molar-refractivity contribution in [2.45, 2.75) is 19.9 Å². The second-order valence-electron chi connectivity index (χ2n) is 2.63. The van der Waals surface area contributed by atoms with E-state index in [4.69, 9.17) is 5.11 Å². The zero-order valence-corrected chi connectivity index (χ0v) is 7.30. The summed E-state index contributed by atoms with van der Waals surface area (Å²) in [6.07, 6.45) is -3.45. The van der Waals surface area contributed by atoms with E-state index < -0.39 is 6.36 Å². The lowest BCUT2D eigenvalue weighted by Crippen LogP contribution is -2.18. The molecule has 1 heterocycles. The largest absolute Gasteiger partial charge is 0.573 e. The number of nitrogens with zero attached hydrogens (tertiary/aromatic N) is 1. The van der Waals surface area contributed by atoms with Gasteiger partial charge in [0.1, 0.15) is 0 Å². The summed E-state index contributed by atoms with van der Waals surface area (Å²) in [5.74, 6) is -0.385. The molecule has 0 aliphatic heterocycles. The highest BCUT2D eigenvalue weighted by atomic mass is 19.4. The number of pyridine rings is 1. The van der Waals surface area contributed by atoms with Crippen LogP contribution in [0, 0.1) is 6.92 Å². The molecule has 1 N–H and O–H groups in total. The first-order valence-corrected chi connectivity index (χ1v) is 3.74. The molecule has 0 aliphatic rings. The third-order valence-electron chi connectivity index (χ3n) is 1.51. The quantitative estimate of drug-likeness (QED) is 0.803. The Labute approximate surface area is 78.2 Å². The van der Waals surface area contributed by atoms with Crippen molar-refractivity contribution in [2.75, 3.05) is 0 Å². The Kier molecular flexibility index (Phi) is 2.95. The number of hydrogen-bond acceptors (Lipinski definition) is 3. The van der Waals surface area contributed by atoms with E-state index in [1.54, 1.807) is 0 Å². The van der Waals surface area contributed by atoms with Gasteiger partial charge >= 0.3 is 6.36 Å². The van der Waals surface area contributed by atoms with Gasteiger partial charge in [0, 0.05) is 6.20 Å². The zero-order valence-electron chi connectivity index (χ0n) is 7.30. The number of aryl methyl sites for hydroxylation is 1. The third kappa shape index (κ3) is 2.88. The molecule has 3 nitrogen and oxygen atoms in total. The van der Waals surface area contributed by atoms with Crippen molar-refractivity contribution in [2.24, 2.45) is 0 Å². The first-order chi connectivity index (χ1) is 6.42. The molecule has 0 radical (unpaired) electrons. The van der Waals surface area contributed by atoms with E-state index in [-0.39, 0.29) is 23.6 Å². The summed E-state index contributed by atoms with van der Waals surface area (Å²) < 4.78 is 39.2. The van der Waals surface area contributed by atoms with Gasteiger partial charge in [-0.05, 0) is 18.6 Å². The standard InChI is InChI=1S/C8H8F3NO2/c1-5-7(14-8(9,10)11)2-6(4-13)3-12-5/h2-3,13H,4H2,1H3. The number of rotatable bonds is 2. The highest BCUT2D eigenvalue weighted by molar-refractivity contribution is 5.30. The molecule has 0 amide bonds. The average molecular weight is 207 g/mol. The van der Waals surface area contributed by atoms with Crippen LogP contribution in [0.3, 0.4) is 0 Å². The lowest BCUT2D eigenvalue weighted by atomic mass is 10.2. The van der Waals surface area contributed by atoms with Gasteiger partial charge in [0.05, 0.1) is 12.3 Å². The van der Waals surface area contributed by atoms with Gasteiger partial charge in [-0.3, -0.25) is 4.98 Å². The Balaban J connectivity index is 2.95. The Hall–Kier alpha value is -1.30. The number of halogens is 3. The fraction of sp³-hybridized carbons (Fsp3) is 0.375. The smallest absolute Gasteiger partial charge is 0.404 e. The van der Waals surface area contributed by atoms with Crippen LogP contribution in [0.5, 0.6) is 5.75 Å². The van der Waals surface area contributed by atoms with E-state index in [1.165, 1.54) is 13.1 Å². The second-order valence-corrected chi connectivity index (χ2v) is 2.63. The number of aliphatic hydroxyl groups excluding tert-OH is 1. The van der Waals surface area contributed by atoms with E-state index in [2.05, 4.69) is 9.72 Å². The van der Waals surface area contributed by atoms with Crippen molar-refractivity contribution in [3.63, 3.8) is 0 Å². The predicted octanol–water partition coefficient (Wildman–Crippen LogP) is 1.78. The van der Waals surface area contributed by atoms with Crippen LogP contribution in [0.1, 0.15) is 11.3 Å². The minimum Gasteiger partial charge on any atom is -0.404 e. The first-order valence-electron chi connectivity index (χ1n) is 3.74. The summed E-state index contributed by atoms with van der Waals surface area (Å²) in [6.45, 7) is 1.02. The molecule has 1 aromatic rings. The number of alkyl halides is 3. The normalized spacial score (nSPS) is 11.5. The molecule has 78 valence electrons. The van der Waals surface area contributed by atoms with Crippen LogP contribution >= 0.6 is 0 Å². The van der Waals surface area contributed by atoms with Gasteiger partial charge in [-0.2, -0.15) is 0 Å². The van der Waals surface area contributed by atoms with Crippen molar-refractivity contribution in [3.05, 3.63) is 23.5 Å². The Morgan fingerprint density at radius 3 is 2.64 bits per heavy atom. The fourth-order valence-corrected chi connectivity index (χ4v) is 0.868. The summed E-state index contributed by atoms with van der Waals surface area (Å²) in [5, 5.41) is 8.67. The summed E-state index contributed by atoms with van der Waals surface area (Å²) in [7, 11) is 0. The summed E-state index contributed by atoms with van der Waals surface area (Å²) in [5.41, 5.74) is 0.398. The van der Waals surface area contributed by atoms with Gasteiger partial charge < -0.3 is 9.84 Å². The maximum absolute atomic E-state index is 11.8. The highest BCUT2D eigenvalue weighted by Crippen LogP contribution is 2.25. The van der Waals surface area contributed by atoms with Crippen LogP contribution in [0.15, 0.2) is 12.3 Å². The molecule has 1 rings (SSSR count). The van der Waals surface area contributed by atoms with Crippen LogP contribution in [-0.4, -0.2) is 16.5 Å². The number of aliphatic hydroxyl groups is 1. The Morgan fingerprint density at radius 2 is 2.14 bits per heavy atom. The van der Waals surface area contributed by atoms with E-state index in [0.29, 0.717) is 0 Å². The summed E-state index contributed by atoms with van der Waals surface area (Å²) in [4.78, 5) is 3.65. The van der Waals surface area contributed by atoms with Crippen LogP contribution in [0.2, 0.25) is 0 Å². The maximum atomic E-state index is 11.8. The lowest BCUT2D eigenvalue weighted by molar-refractivity contribution is -0.275. The SMILES string of the molecule is Cc1ncc(CO)cc1OC(F)(F)F. The van der Waals surface area contributed by atoms with E-state index in [9.17, 15) is 13.2 Å². The molecular formula is C8H8F3NO2. The summed E-state index contributed by atoms with van der Waals surface area (Å²) >= 11 is 0. The summed E-state index contributed by atoms with van der Waals surface area (Å²) in [6, 6.07) is 1.11. The van der Waals surface area contributed by atoms with Crippen LogP contribution in [0.4, 0.5) is 13.2 Å². The molecule has 0 bridgehead atoms. The molecule has 14 heavy (non-hydrogen) atoms. The van der Waals surface area contributed by atoms with Crippen LogP contribution in [0.25, 0.3) is 0 Å². The molecule has 0 aromatic carbocycles. The second kappa shape index (κ2) is 3.83. The van der Waals surface area contributed by atoms with Gasteiger partial charge in [-0.1, -0.05) is 0 Å². The minimum absolute atomic E-state index is 0.125. The molecule has 0 atom stereocenters. The molecule has 0 saturated heterocycles. The highest BCUT2D eigenvalue weighted by Gasteiger charge is 2.32. The topological polar surface area (TPSA) is 42.4 Å². The van der Waals surface area contributed by atoms with E-state index >= 15 is 0 Å². The molecule has 0 saturated carbocycles. The van der Waals surface area contributed by atoms with Crippen LogP contribution in [-0.2, 0) is 6.61 Å². The third-order valence-corrected chi connectivity index (χ3v) is 1.51. The van der Waals surface area contributed by atoms with Crippen LogP contribution < -0.4 is 4.74 Å². The molecule has 6 heteroatoms. The lowest BCUT2D eigenvalue weighted by Gasteiger charge is -2.11.